The smallest absolute Gasteiger partial charge is 0.305 e. The molecule has 0 spiro atoms. The van der Waals surface area contributed by atoms with Crippen LogP contribution in [0.4, 0.5) is 0 Å². The topological polar surface area (TPSA) is 66.8 Å². The molecule has 0 saturated heterocycles. The molecule has 0 bridgehead atoms. The fraction of sp³-hybridized carbons (Fsp3) is 0.769. The van der Waals surface area contributed by atoms with Gasteiger partial charge in [0.1, 0.15) is 0 Å². The van der Waals surface area contributed by atoms with Gasteiger partial charge >= 0.3 is 5.97 Å². The first-order chi connectivity index (χ1) is 8.10. The second-order valence-electron chi connectivity index (χ2n) is 4.56. The van der Waals surface area contributed by atoms with Crippen molar-refractivity contribution in [1.29, 1.82) is 0 Å². The van der Waals surface area contributed by atoms with Crippen LogP contribution in [0.1, 0.15) is 32.6 Å². The highest BCUT2D eigenvalue weighted by Gasteiger charge is 2.39. The van der Waals surface area contributed by atoms with E-state index in [9.17, 15) is 15.0 Å². The van der Waals surface area contributed by atoms with Crippen LogP contribution in [0.2, 0.25) is 0 Å². The van der Waals surface area contributed by atoms with Crippen LogP contribution in [0.3, 0.4) is 0 Å². The van der Waals surface area contributed by atoms with Crippen LogP contribution in [0, 0.1) is 11.8 Å². The van der Waals surface area contributed by atoms with E-state index >= 15 is 0 Å². The molecule has 0 aromatic carbocycles. The van der Waals surface area contributed by atoms with Gasteiger partial charge in [0.2, 0.25) is 0 Å². The van der Waals surface area contributed by atoms with Crippen LogP contribution in [0.15, 0.2) is 12.2 Å². The molecule has 98 valence electrons. The molecule has 4 heteroatoms. The molecule has 0 aromatic rings. The SMILES string of the molecule is CC/C=C/[C@@H]1[C@@H](CCC(=O)OC)[C@@H](O)C[C@H]1O. The molecule has 1 aliphatic rings. The van der Waals surface area contributed by atoms with Crippen molar-refractivity contribution in [1.82, 2.24) is 0 Å². The summed E-state index contributed by atoms with van der Waals surface area (Å²) in [5.41, 5.74) is 0. The van der Waals surface area contributed by atoms with Crippen molar-refractivity contribution < 1.29 is 19.7 Å². The number of allylic oxidation sites excluding steroid dienone is 1. The van der Waals surface area contributed by atoms with Crippen molar-refractivity contribution in [3.05, 3.63) is 12.2 Å². The van der Waals surface area contributed by atoms with Crippen LogP contribution < -0.4 is 0 Å². The highest BCUT2D eigenvalue weighted by molar-refractivity contribution is 5.69. The third kappa shape index (κ3) is 3.82. The molecule has 1 rings (SSSR count). The molecule has 4 atom stereocenters. The molecule has 4 nitrogen and oxygen atoms in total. The normalized spacial score (nSPS) is 33.2. The number of aliphatic hydroxyl groups is 2. The molecule has 0 aromatic heterocycles. The van der Waals surface area contributed by atoms with Crippen LogP contribution in [0.5, 0.6) is 0 Å². The van der Waals surface area contributed by atoms with Crippen LogP contribution in [-0.4, -0.2) is 35.5 Å². The molecule has 1 saturated carbocycles. The van der Waals surface area contributed by atoms with E-state index in [0.717, 1.165) is 6.42 Å². The lowest BCUT2D eigenvalue weighted by Gasteiger charge is -2.20. The number of carbonyl (C=O) groups excluding carboxylic acids is 1. The fourth-order valence-corrected chi connectivity index (χ4v) is 2.46. The minimum Gasteiger partial charge on any atom is -0.469 e. The second-order valence-corrected chi connectivity index (χ2v) is 4.56. The summed E-state index contributed by atoms with van der Waals surface area (Å²) in [4.78, 5) is 11.1. The van der Waals surface area contributed by atoms with E-state index in [0.29, 0.717) is 19.3 Å². The lowest BCUT2D eigenvalue weighted by atomic mass is 9.89. The summed E-state index contributed by atoms with van der Waals surface area (Å²) < 4.78 is 4.59. The fourth-order valence-electron chi connectivity index (χ4n) is 2.46. The molecule has 0 amide bonds. The molecule has 0 heterocycles. The zero-order valence-electron chi connectivity index (χ0n) is 10.5. The number of hydrogen-bond acceptors (Lipinski definition) is 4. The molecule has 0 unspecified atom stereocenters. The maximum atomic E-state index is 11.1. The summed E-state index contributed by atoms with van der Waals surface area (Å²) >= 11 is 0. The van der Waals surface area contributed by atoms with E-state index in [1.807, 2.05) is 19.1 Å². The van der Waals surface area contributed by atoms with Crippen molar-refractivity contribution >= 4 is 5.97 Å². The predicted octanol–water partition coefficient (Wildman–Crippen LogP) is 1.26. The predicted molar refractivity (Wildman–Crippen MR) is 64.3 cm³/mol. The van der Waals surface area contributed by atoms with Gasteiger partial charge in [0.15, 0.2) is 0 Å². The standard InChI is InChI=1S/C13H22O4/c1-3-4-5-9-10(6-7-13(16)17-2)12(15)8-11(9)14/h4-5,9-12,14-15H,3,6-8H2,1-2H3/b5-4+/t9-,10-,11-,12+/m1/s1. The first-order valence-corrected chi connectivity index (χ1v) is 6.19. The first-order valence-electron chi connectivity index (χ1n) is 6.19. The Balaban J connectivity index is 2.58. The second kappa shape index (κ2) is 6.77. The molecule has 17 heavy (non-hydrogen) atoms. The Morgan fingerprint density at radius 1 is 1.41 bits per heavy atom. The highest BCUT2D eigenvalue weighted by atomic mass is 16.5. The Bertz CT molecular complexity index is 275. The average molecular weight is 242 g/mol. The Labute approximate surface area is 102 Å². The summed E-state index contributed by atoms with van der Waals surface area (Å²) in [6, 6.07) is 0. The minimum atomic E-state index is -0.527. The Morgan fingerprint density at radius 2 is 2.12 bits per heavy atom. The molecular weight excluding hydrogens is 220 g/mol. The number of rotatable bonds is 5. The quantitative estimate of drug-likeness (QED) is 0.562. The Kier molecular flexibility index (Phi) is 5.65. The maximum absolute atomic E-state index is 11.1. The average Bonchev–Trinajstić information content (AvgIpc) is 2.58. The van der Waals surface area contributed by atoms with Crippen LogP contribution >= 0.6 is 0 Å². The van der Waals surface area contributed by atoms with Gasteiger partial charge in [-0.3, -0.25) is 4.79 Å². The van der Waals surface area contributed by atoms with E-state index in [1.165, 1.54) is 7.11 Å². The van der Waals surface area contributed by atoms with Gasteiger partial charge in [-0.1, -0.05) is 19.1 Å². The summed E-state index contributed by atoms with van der Waals surface area (Å²) in [5.74, 6) is -0.363. The lowest BCUT2D eigenvalue weighted by molar-refractivity contribution is -0.141. The Morgan fingerprint density at radius 3 is 2.71 bits per heavy atom. The van der Waals surface area contributed by atoms with Crippen LogP contribution in [0.25, 0.3) is 0 Å². The largest absolute Gasteiger partial charge is 0.469 e. The Hall–Kier alpha value is -0.870. The molecule has 1 aliphatic carbocycles. The monoisotopic (exact) mass is 242 g/mol. The van der Waals surface area contributed by atoms with Crippen molar-refractivity contribution in [2.45, 2.75) is 44.8 Å². The zero-order valence-corrected chi connectivity index (χ0v) is 10.5. The van der Waals surface area contributed by atoms with Crippen LogP contribution in [-0.2, 0) is 9.53 Å². The molecular formula is C13H22O4. The molecule has 0 radical (unpaired) electrons. The molecule has 1 fully saturated rings. The van der Waals surface area contributed by atoms with Gasteiger partial charge in [0.05, 0.1) is 19.3 Å². The number of aliphatic hydroxyl groups excluding tert-OH is 2. The highest BCUT2D eigenvalue weighted by Crippen LogP contribution is 2.36. The molecule has 2 N–H and O–H groups in total. The number of hydrogen-bond donors (Lipinski definition) is 2. The first kappa shape index (κ1) is 14.2. The van der Waals surface area contributed by atoms with Gasteiger partial charge in [-0.15, -0.1) is 0 Å². The van der Waals surface area contributed by atoms with Gasteiger partial charge in [-0.05, 0) is 18.8 Å². The van der Waals surface area contributed by atoms with E-state index in [-0.39, 0.29) is 17.8 Å². The maximum Gasteiger partial charge on any atom is 0.305 e. The minimum absolute atomic E-state index is 0.0467. The number of ether oxygens (including phenoxy) is 1. The van der Waals surface area contributed by atoms with Gasteiger partial charge in [-0.25, -0.2) is 0 Å². The van der Waals surface area contributed by atoms with Crippen molar-refractivity contribution in [3.63, 3.8) is 0 Å². The number of esters is 1. The lowest BCUT2D eigenvalue weighted by Crippen LogP contribution is -2.21. The van der Waals surface area contributed by atoms with Crippen molar-refractivity contribution in [3.8, 4) is 0 Å². The van der Waals surface area contributed by atoms with Gasteiger partial charge in [0.25, 0.3) is 0 Å². The summed E-state index contributed by atoms with van der Waals surface area (Å²) in [6.45, 7) is 2.03. The van der Waals surface area contributed by atoms with E-state index in [1.54, 1.807) is 0 Å². The van der Waals surface area contributed by atoms with Crippen molar-refractivity contribution in [2.75, 3.05) is 7.11 Å². The summed E-state index contributed by atoms with van der Waals surface area (Å²) in [7, 11) is 1.36. The number of methoxy groups -OCH3 is 1. The summed E-state index contributed by atoms with van der Waals surface area (Å²) in [5, 5.41) is 19.7. The van der Waals surface area contributed by atoms with Gasteiger partial charge in [0, 0.05) is 18.8 Å². The van der Waals surface area contributed by atoms with Gasteiger partial charge in [-0.2, -0.15) is 0 Å². The third-order valence-corrected chi connectivity index (χ3v) is 3.42. The van der Waals surface area contributed by atoms with Crippen molar-refractivity contribution in [2.24, 2.45) is 11.8 Å². The van der Waals surface area contributed by atoms with E-state index in [4.69, 9.17) is 0 Å². The number of carbonyl (C=O) groups is 1. The summed E-state index contributed by atoms with van der Waals surface area (Å²) in [6.07, 6.45) is 5.08. The molecule has 0 aliphatic heterocycles. The third-order valence-electron chi connectivity index (χ3n) is 3.42. The zero-order chi connectivity index (χ0) is 12.8. The van der Waals surface area contributed by atoms with E-state index < -0.39 is 12.2 Å². The van der Waals surface area contributed by atoms with E-state index in [2.05, 4.69) is 4.74 Å². The van der Waals surface area contributed by atoms with Gasteiger partial charge < -0.3 is 14.9 Å².